The first kappa shape index (κ1) is 4.94. The molecule has 0 aliphatic carbocycles. The molecule has 0 saturated carbocycles. The zero-order valence-corrected chi connectivity index (χ0v) is 5.04. The first-order chi connectivity index (χ1) is 4.47. The molecule has 45 valence electrons. The van der Waals surface area contributed by atoms with E-state index in [-0.39, 0.29) is 0 Å². The van der Waals surface area contributed by atoms with Gasteiger partial charge in [-0.05, 0) is 11.6 Å². The fraction of sp³-hybridized carbons (Fsp3) is 0.286. The van der Waals surface area contributed by atoms with E-state index < -0.39 is 0 Å². The number of aromatic nitrogens is 1. The second-order valence-electron chi connectivity index (χ2n) is 2.15. The van der Waals surface area contributed by atoms with E-state index in [0.29, 0.717) is 0 Å². The average Bonchev–Trinajstić information content (AvgIpc) is 2.33. The van der Waals surface area contributed by atoms with Crippen LogP contribution in [0.4, 0.5) is 0 Å². The van der Waals surface area contributed by atoms with E-state index in [2.05, 4.69) is 16.4 Å². The summed E-state index contributed by atoms with van der Waals surface area (Å²) in [5.41, 5.74) is 2.44. The van der Waals surface area contributed by atoms with Gasteiger partial charge in [0.1, 0.15) is 0 Å². The zero-order valence-electron chi connectivity index (χ0n) is 5.04. The van der Waals surface area contributed by atoms with Crippen LogP contribution in [0, 0.1) is 0 Å². The van der Waals surface area contributed by atoms with Crippen molar-refractivity contribution < 1.29 is 0 Å². The van der Waals surface area contributed by atoms with Crippen LogP contribution >= 0.6 is 0 Å². The maximum absolute atomic E-state index is 4.19. The molecule has 1 aromatic heterocycles. The maximum atomic E-state index is 4.19. The van der Waals surface area contributed by atoms with Gasteiger partial charge in [0.05, 0.1) is 12.2 Å². The van der Waals surface area contributed by atoms with Gasteiger partial charge in [0, 0.05) is 12.7 Å². The smallest absolute Gasteiger partial charge is 0.0604 e. The Bertz CT molecular complexity index is 197. The standard InChI is InChI=1S/C7H7N2/c1-2-6-4-8-5-7(6)9-3-1/h1-3H,4-5H2. The van der Waals surface area contributed by atoms with Crippen molar-refractivity contribution in [1.82, 2.24) is 10.3 Å². The quantitative estimate of drug-likeness (QED) is 0.494. The Morgan fingerprint density at radius 2 is 2.33 bits per heavy atom. The van der Waals surface area contributed by atoms with Gasteiger partial charge in [-0.1, -0.05) is 6.07 Å². The Morgan fingerprint density at radius 1 is 1.33 bits per heavy atom. The molecule has 1 aliphatic rings. The Labute approximate surface area is 53.9 Å². The molecule has 0 fully saturated rings. The molecule has 0 saturated heterocycles. The van der Waals surface area contributed by atoms with Crippen LogP contribution in [0.2, 0.25) is 0 Å². The number of pyridine rings is 1. The van der Waals surface area contributed by atoms with Crippen LogP contribution in [0.15, 0.2) is 18.3 Å². The van der Waals surface area contributed by atoms with Gasteiger partial charge in [0.2, 0.25) is 0 Å². The van der Waals surface area contributed by atoms with Gasteiger partial charge in [-0.3, -0.25) is 4.98 Å². The van der Waals surface area contributed by atoms with Crippen LogP contribution in [0.5, 0.6) is 0 Å². The molecule has 0 spiro atoms. The molecule has 0 amide bonds. The molecule has 0 unspecified atom stereocenters. The molecule has 1 aliphatic heterocycles. The predicted molar refractivity (Wildman–Crippen MR) is 33.8 cm³/mol. The predicted octanol–water partition coefficient (Wildman–Crippen LogP) is 0.700. The summed E-state index contributed by atoms with van der Waals surface area (Å²) in [6, 6.07) is 4.04. The van der Waals surface area contributed by atoms with Gasteiger partial charge < -0.3 is 0 Å². The fourth-order valence-electron chi connectivity index (χ4n) is 1.04. The topological polar surface area (TPSA) is 27.0 Å². The molecule has 0 aromatic carbocycles. The lowest BCUT2D eigenvalue weighted by molar-refractivity contribution is 0.739. The second-order valence-corrected chi connectivity index (χ2v) is 2.15. The molecule has 9 heavy (non-hydrogen) atoms. The normalized spacial score (nSPS) is 15.6. The van der Waals surface area contributed by atoms with E-state index in [1.165, 1.54) is 5.56 Å². The van der Waals surface area contributed by atoms with Crippen molar-refractivity contribution >= 4 is 0 Å². The molecule has 0 atom stereocenters. The van der Waals surface area contributed by atoms with Crippen LogP contribution in [-0.2, 0) is 13.1 Å². The lowest BCUT2D eigenvalue weighted by Crippen LogP contribution is -1.89. The Kier molecular flexibility index (Phi) is 0.993. The molecular formula is C7H7N2. The van der Waals surface area contributed by atoms with Crippen molar-refractivity contribution in [3.8, 4) is 0 Å². The van der Waals surface area contributed by atoms with E-state index in [4.69, 9.17) is 0 Å². The first-order valence-corrected chi connectivity index (χ1v) is 3.03. The molecule has 1 radical (unpaired) electrons. The third kappa shape index (κ3) is 0.715. The minimum atomic E-state index is 0.816. The minimum Gasteiger partial charge on any atom is -0.260 e. The van der Waals surface area contributed by atoms with Gasteiger partial charge in [-0.2, -0.15) is 0 Å². The highest BCUT2D eigenvalue weighted by Crippen LogP contribution is 2.11. The van der Waals surface area contributed by atoms with Gasteiger partial charge in [-0.15, -0.1) is 0 Å². The number of nitrogens with zero attached hydrogens (tertiary/aromatic N) is 2. The highest BCUT2D eigenvalue weighted by Gasteiger charge is 2.09. The summed E-state index contributed by atoms with van der Waals surface area (Å²) in [7, 11) is 0. The Morgan fingerprint density at radius 3 is 3.22 bits per heavy atom. The highest BCUT2D eigenvalue weighted by molar-refractivity contribution is 5.22. The largest absolute Gasteiger partial charge is 0.260 e. The molecule has 2 heterocycles. The van der Waals surface area contributed by atoms with Crippen molar-refractivity contribution in [2.24, 2.45) is 0 Å². The van der Waals surface area contributed by atoms with Gasteiger partial charge >= 0.3 is 0 Å². The van der Waals surface area contributed by atoms with Crippen molar-refractivity contribution in [2.45, 2.75) is 13.1 Å². The Hall–Kier alpha value is -0.890. The van der Waals surface area contributed by atoms with Crippen LogP contribution in [0.1, 0.15) is 11.3 Å². The molecule has 0 bridgehead atoms. The van der Waals surface area contributed by atoms with Crippen LogP contribution < -0.4 is 5.32 Å². The van der Waals surface area contributed by atoms with Crippen molar-refractivity contribution in [1.29, 1.82) is 0 Å². The molecule has 2 nitrogen and oxygen atoms in total. The summed E-state index contributed by atoms with van der Waals surface area (Å²) in [6.07, 6.45) is 1.82. The van der Waals surface area contributed by atoms with Gasteiger partial charge in [0.25, 0.3) is 0 Å². The summed E-state index contributed by atoms with van der Waals surface area (Å²) < 4.78 is 0. The summed E-state index contributed by atoms with van der Waals surface area (Å²) in [4.78, 5) is 4.17. The zero-order chi connectivity index (χ0) is 6.10. The number of rotatable bonds is 0. The molecule has 2 rings (SSSR count). The lowest BCUT2D eigenvalue weighted by atomic mass is 10.2. The number of fused-ring (bicyclic) bond motifs is 1. The van der Waals surface area contributed by atoms with Crippen LogP contribution in [-0.4, -0.2) is 4.98 Å². The number of hydrogen-bond donors (Lipinski definition) is 0. The van der Waals surface area contributed by atoms with Gasteiger partial charge in [0.15, 0.2) is 0 Å². The number of hydrogen-bond acceptors (Lipinski definition) is 1. The van der Waals surface area contributed by atoms with Crippen molar-refractivity contribution in [2.75, 3.05) is 0 Å². The summed E-state index contributed by atoms with van der Waals surface area (Å²) in [5, 5.41) is 4.19. The molecule has 0 N–H and O–H groups in total. The SMILES string of the molecule is c1cnc2c(c1)C[N]C2. The van der Waals surface area contributed by atoms with Crippen LogP contribution in [0.25, 0.3) is 0 Å². The highest BCUT2D eigenvalue weighted by atomic mass is 14.9. The molecular weight excluding hydrogens is 112 g/mol. The summed E-state index contributed by atoms with van der Waals surface area (Å²) in [6.45, 7) is 1.68. The molecule has 1 aromatic rings. The first-order valence-electron chi connectivity index (χ1n) is 3.03. The van der Waals surface area contributed by atoms with Crippen molar-refractivity contribution in [3.63, 3.8) is 0 Å². The van der Waals surface area contributed by atoms with Gasteiger partial charge in [-0.25, -0.2) is 5.32 Å². The van der Waals surface area contributed by atoms with E-state index >= 15 is 0 Å². The second kappa shape index (κ2) is 1.81. The van der Waals surface area contributed by atoms with Crippen molar-refractivity contribution in [3.05, 3.63) is 29.6 Å². The van der Waals surface area contributed by atoms with Crippen LogP contribution in [0.3, 0.4) is 0 Å². The van der Waals surface area contributed by atoms with E-state index in [9.17, 15) is 0 Å². The third-order valence-corrected chi connectivity index (χ3v) is 1.53. The monoisotopic (exact) mass is 119 g/mol. The maximum Gasteiger partial charge on any atom is 0.0604 e. The summed E-state index contributed by atoms with van der Waals surface area (Å²) >= 11 is 0. The molecule has 2 heteroatoms. The Balaban J connectivity index is 2.54. The average molecular weight is 119 g/mol. The fourth-order valence-corrected chi connectivity index (χ4v) is 1.04. The van der Waals surface area contributed by atoms with E-state index in [1.807, 2.05) is 12.3 Å². The minimum absolute atomic E-state index is 0.816. The lowest BCUT2D eigenvalue weighted by Gasteiger charge is -1.90. The summed E-state index contributed by atoms with van der Waals surface area (Å²) in [5.74, 6) is 0. The van der Waals surface area contributed by atoms with E-state index in [0.717, 1.165) is 18.8 Å². The van der Waals surface area contributed by atoms with E-state index in [1.54, 1.807) is 0 Å². The third-order valence-electron chi connectivity index (χ3n) is 1.53.